The fourth-order valence-corrected chi connectivity index (χ4v) is 5.40. The van der Waals surface area contributed by atoms with E-state index in [9.17, 15) is 22.8 Å². The molecule has 0 aliphatic carbocycles. The summed E-state index contributed by atoms with van der Waals surface area (Å²) in [5, 5.41) is 7.54. The van der Waals surface area contributed by atoms with Crippen molar-refractivity contribution in [3.63, 3.8) is 0 Å². The number of aryl methyl sites for hydroxylation is 2. The summed E-state index contributed by atoms with van der Waals surface area (Å²) < 4.78 is 48.0. The molecule has 0 bridgehead atoms. The van der Waals surface area contributed by atoms with E-state index in [1.807, 2.05) is 38.1 Å². The predicted octanol–water partition coefficient (Wildman–Crippen LogP) is 6.52. The number of hydrogen-bond acceptors (Lipinski definition) is 7. The normalized spacial score (nSPS) is 14.4. The summed E-state index contributed by atoms with van der Waals surface area (Å²) in [5.41, 5.74) is 4.90. The van der Waals surface area contributed by atoms with Gasteiger partial charge in [0.05, 0.1) is 23.7 Å². The van der Waals surface area contributed by atoms with Crippen LogP contribution in [0, 0.1) is 6.92 Å². The molecule has 0 spiro atoms. The Morgan fingerprint density at radius 3 is 2.57 bits per heavy atom. The Morgan fingerprint density at radius 1 is 1.09 bits per heavy atom. The van der Waals surface area contributed by atoms with Crippen LogP contribution in [-0.2, 0) is 22.6 Å². The summed E-state index contributed by atoms with van der Waals surface area (Å²) in [6.07, 6.45) is -2.75. The maximum absolute atomic E-state index is 13.0. The van der Waals surface area contributed by atoms with Crippen molar-refractivity contribution < 1.29 is 32.2 Å². The molecule has 3 aromatic carbocycles. The molecule has 44 heavy (non-hydrogen) atoms. The Morgan fingerprint density at radius 2 is 1.86 bits per heavy atom. The van der Waals surface area contributed by atoms with E-state index < -0.39 is 12.4 Å². The molecule has 2 heterocycles. The highest BCUT2D eigenvalue weighted by Crippen LogP contribution is 2.32. The number of nitrogens with zero attached hydrogens (tertiary/aromatic N) is 5. The molecule has 5 rings (SSSR count). The van der Waals surface area contributed by atoms with Gasteiger partial charge in [0.1, 0.15) is 12.1 Å². The van der Waals surface area contributed by atoms with Crippen LogP contribution < -0.4 is 15.0 Å². The molecule has 3 amide bonds. The van der Waals surface area contributed by atoms with Crippen molar-refractivity contribution in [3.05, 3.63) is 83.7 Å². The number of nitrogens with one attached hydrogen (secondary N) is 1. The van der Waals surface area contributed by atoms with E-state index in [1.54, 1.807) is 19.2 Å². The fraction of sp³-hybridized carbons (Fsp3) is 0.233. The number of aliphatic imine (C=N–C) groups is 1. The van der Waals surface area contributed by atoms with Crippen molar-refractivity contribution in [1.82, 2.24) is 14.8 Å². The van der Waals surface area contributed by atoms with Crippen LogP contribution in [0.3, 0.4) is 0 Å². The lowest BCUT2D eigenvalue weighted by atomic mass is 10.1. The first kappa shape index (κ1) is 30.8. The molecule has 1 aromatic heterocycles. The van der Waals surface area contributed by atoms with Crippen LogP contribution in [0.2, 0.25) is 0 Å². The first-order chi connectivity index (χ1) is 21.0. The fourth-order valence-electron chi connectivity index (χ4n) is 4.54. The second-order valence-electron chi connectivity index (χ2n) is 9.69. The Kier molecular flexibility index (Phi) is 9.01. The molecule has 1 N–H and O–H groups in total. The number of aromatic nitrogens is 3. The number of methoxy groups -OCH3 is 1. The summed E-state index contributed by atoms with van der Waals surface area (Å²) in [6.45, 7) is 4.15. The van der Waals surface area contributed by atoms with Crippen LogP contribution in [0.25, 0.3) is 17.1 Å². The molecule has 1 aliphatic heterocycles. The minimum Gasteiger partial charge on any atom is -0.406 e. The van der Waals surface area contributed by atoms with E-state index in [2.05, 4.69) is 25.1 Å². The lowest BCUT2D eigenvalue weighted by Gasteiger charge is -2.20. The standard InChI is InChI=1S/C30H27F3N6O4S/c1-4-19-14-20(27-34-17-38(37-27)22-8-10-23(11-9-22)43-30(31,32)33)7-12-24(19)35-28(41)36-29-39(26(40)16-44-29)25-13-18(2)5-6-21(25)15-42-3/h5-14,17H,4,15-16H2,1-3H3,(H,35,41). The van der Waals surface area contributed by atoms with E-state index in [-0.39, 0.29) is 22.6 Å². The van der Waals surface area contributed by atoms with Gasteiger partial charge < -0.3 is 14.8 Å². The van der Waals surface area contributed by atoms with Crippen LogP contribution in [0.5, 0.6) is 5.75 Å². The van der Waals surface area contributed by atoms with Gasteiger partial charge in [-0.1, -0.05) is 30.8 Å². The van der Waals surface area contributed by atoms with Gasteiger partial charge in [-0.15, -0.1) is 18.3 Å². The number of rotatable bonds is 8. The maximum Gasteiger partial charge on any atom is 0.573 e. The van der Waals surface area contributed by atoms with Crippen LogP contribution in [0.1, 0.15) is 23.6 Å². The first-order valence-corrected chi connectivity index (χ1v) is 14.4. The van der Waals surface area contributed by atoms with E-state index >= 15 is 0 Å². The summed E-state index contributed by atoms with van der Waals surface area (Å²) in [6, 6.07) is 15.6. The first-order valence-electron chi connectivity index (χ1n) is 13.4. The number of benzene rings is 3. The predicted molar refractivity (Wildman–Crippen MR) is 161 cm³/mol. The molecule has 10 nitrogen and oxygen atoms in total. The zero-order chi connectivity index (χ0) is 31.4. The molecule has 228 valence electrons. The number of thioether (sulfide) groups is 1. The van der Waals surface area contributed by atoms with Gasteiger partial charge in [0.15, 0.2) is 11.0 Å². The van der Waals surface area contributed by atoms with E-state index in [4.69, 9.17) is 4.74 Å². The van der Waals surface area contributed by atoms with Crippen molar-refractivity contribution in [2.24, 2.45) is 4.99 Å². The van der Waals surface area contributed by atoms with Crippen LogP contribution in [0.4, 0.5) is 29.3 Å². The van der Waals surface area contributed by atoms with Crippen LogP contribution in [0.15, 0.2) is 72.0 Å². The van der Waals surface area contributed by atoms with Gasteiger partial charge >= 0.3 is 12.4 Å². The van der Waals surface area contributed by atoms with Gasteiger partial charge in [0.2, 0.25) is 5.91 Å². The van der Waals surface area contributed by atoms with Crippen LogP contribution in [-0.4, -0.2) is 51.1 Å². The smallest absolute Gasteiger partial charge is 0.406 e. The van der Waals surface area contributed by atoms with E-state index in [0.717, 1.165) is 16.7 Å². The Labute approximate surface area is 254 Å². The molecule has 0 atom stereocenters. The summed E-state index contributed by atoms with van der Waals surface area (Å²) in [4.78, 5) is 35.9. The highest BCUT2D eigenvalue weighted by Gasteiger charge is 2.32. The third kappa shape index (κ3) is 7.09. The minimum absolute atomic E-state index is 0.159. The van der Waals surface area contributed by atoms with Crippen molar-refractivity contribution in [2.45, 2.75) is 33.2 Å². The number of carbonyl (C=O) groups excluding carboxylic acids is 2. The number of halogens is 3. The zero-order valence-electron chi connectivity index (χ0n) is 23.9. The number of ether oxygens (including phenoxy) is 2. The molecular formula is C30H27F3N6O4S. The number of urea groups is 1. The Hall–Kier alpha value is -4.69. The SMILES string of the molecule is CCc1cc(-c2ncn(-c3ccc(OC(F)(F)F)cc3)n2)ccc1NC(=O)N=C1SCC(=O)N1c1cc(C)ccc1COC. The van der Waals surface area contributed by atoms with Gasteiger partial charge in [-0.05, 0) is 73.0 Å². The number of hydrogen-bond donors (Lipinski definition) is 1. The van der Waals surface area contributed by atoms with Crippen molar-refractivity contribution in [1.29, 1.82) is 0 Å². The summed E-state index contributed by atoms with van der Waals surface area (Å²) >= 11 is 1.19. The molecule has 0 saturated carbocycles. The van der Waals surface area contributed by atoms with Gasteiger partial charge in [-0.2, -0.15) is 4.99 Å². The second-order valence-corrected chi connectivity index (χ2v) is 10.6. The highest BCUT2D eigenvalue weighted by atomic mass is 32.2. The maximum atomic E-state index is 13.0. The molecular weight excluding hydrogens is 597 g/mol. The van der Waals surface area contributed by atoms with Crippen molar-refractivity contribution >= 4 is 40.2 Å². The third-order valence-electron chi connectivity index (χ3n) is 6.56. The summed E-state index contributed by atoms with van der Waals surface area (Å²) in [5.74, 6) is 0.0244. The molecule has 0 radical (unpaired) electrons. The van der Waals surface area contributed by atoms with Gasteiger partial charge in [-0.25, -0.2) is 14.5 Å². The molecule has 4 aromatic rings. The van der Waals surface area contributed by atoms with E-state index in [0.29, 0.717) is 41.5 Å². The average Bonchev–Trinajstić information content (AvgIpc) is 3.61. The van der Waals surface area contributed by atoms with E-state index in [1.165, 1.54) is 51.9 Å². The molecule has 14 heteroatoms. The van der Waals surface area contributed by atoms with Gasteiger partial charge in [0.25, 0.3) is 0 Å². The number of anilines is 2. The van der Waals surface area contributed by atoms with Crippen LogP contribution >= 0.6 is 11.8 Å². The van der Waals surface area contributed by atoms with Gasteiger partial charge in [0, 0.05) is 23.9 Å². The average molecular weight is 625 g/mol. The quantitative estimate of drug-likeness (QED) is 0.238. The largest absolute Gasteiger partial charge is 0.573 e. The summed E-state index contributed by atoms with van der Waals surface area (Å²) in [7, 11) is 1.57. The minimum atomic E-state index is -4.78. The monoisotopic (exact) mass is 624 g/mol. The number of amides is 3. The van der Waals surface area contributed by atoms with Gasteiger partial charge in [-0.3, -0.25) is 9.69 Å². The Balaban J connectivity index is 1.33. The van der Waals surface area contributed by atoms with Crippen molar-refractivity contribution in [2.75, 3.05) is 23.1 Å². The number of carbonyl (C=O) groups is 2. The zero-order valence-corrected chi connectivity index (χ0v) is 24.7. The number of amidine groups is 1. The lowest BCUT2D eigenvalue weighted by molar-refractivity contribution is -0.274. The highest BCUT2D eigenvalue weighted by molar-refractivity contribution is 8.15. The Bertz CT molecular complexity index is 1720. The molecule has 1 aliphatic rings. The molecule has 0 unspecified atom stereocenters. The number of alkyl halides is 3. The van der Waals surface area contributed by atoms with Crippen molar-refractivity contribution in [3.8, 4) is 22.8 Å². The molecule has 1 fully saturated rings. The molecule has 1 saturated heterocycles. The third-order valence-corrected chi connectivity index (χ3v) is 7.48. The lowest BCUT2D eigenvalue weighted by Crippen LogP contribution is -2.31. The second kappa shape index (κ2) is 12.9. The topological polar surface area (TPSA) is 111 Å².